The van der Waals surface area contributed by atoms with Gasteiger partial charge < -0.3 is 14.0 Å². The van der Waals surface area contributed by atoms with Crippen LogP contribution in [0.5, 0.6) is 0 Å². The molecule has 40 heavy (non-hydrogen) atoms. The number of hydrogen-bond acceptors (Lipinski definition) is 7. The van der Waals surface area contributed by atoms with Crippen molar-refractivity contribution in [1.82, 2.24) is 9.13 Å². The number of benzene rings is 1. The van der Waals surface area contributed by atoms with Crippen LogP contribution in [0.15, 0.2) is 75.5 Å². The van der Waals surface area contributed by atoms with Gasteiger partial charge in [0.1, 0.15) is 11.8 Å². The van der Waals surface area contributed by atoms with Crippen LogP contribution in [-0.4, -0.2) is 28.3 Å². The summed E-state index contributed by atoms with van der Waals surface area (Å²) in [4.78, 5) is 33.0. The zero-order valence-electron chi connectivity index (χ0n) is 23.2. The third-order valence-corrected chi connectivity index (χ3v) is 8.76. The number of ether oxygens (including phenoxy) is 2. The Hall–Kier alpha value is -3.95. The van der Waals surface area contributed by atoms with Gasteiger partial charge in [0.05, 0.1) is 29.0 Å². The van der Waals surface area contributed by atoms with Crippen LogP contribution in [0.25, 0.3) is 17.5 Å². The molecule has 0 aliphatic carbocycles. The van der Waals surface area contributed by atoms with Gasteiger partial charge in [0.2, 0.25) is 0 Å². The van der Waals surface area contributed by atoms with E-state index in [-0.39, 0.29) is 12.2 Å². The molecule has 7 nitrogen and oxygen atoms in total. The van der Waals surface area contributed by atoms with E-state index >= 15 is 0 Å². The summed E-state index contributed by atoms with van der Waals surface area (Å²) in [5, 5.41) is 1.94. The average Bonchev–Trinajstić information content (AvgIpc) is 3.63. The molecule has 0 amide bonds. The van der Waals surface area contributed by atoms with Gasteiger partial charge in [-0.25, -0.2) is 9.79 Å². The van der Waals surface area contributed by atoms with Crippen LogP contribution >= 0.6 is 22.7 Å². The van der Waals surface area contributed by atoms with Crippen LogP contribution < -0.4 is 14.9 Å². The molecule has 4 heterocycles. The summed E-state index contributed by atoms with van der Waals surface area (Å²) in [7, 11) is 0. The van der Waals surface area contributed by atoms with Gasteiger partial charge in [-0.15, -0.1) is 11.3 Å². The normalized spacial score (nSPS) is 15.1. The molecule has 0 N–H and O–H groups in total. The van der Waals surface area contributed by atoms with Crippen LogP contribution in [0, 0.1) is 13.8 Å². The fraction of sp³-hybridized carbons (Fsp3) is 0.258. The summed E-state index contributed by atoms with van der Waals surface area (Å²) >= 11 is 2.83. The number of hydrogen-bond donors (Lipinski definition) is 0. The lowest BCUT2D eigenvalue weighted by molar-refractivity contribution is -0.139. The number of allylic oxidation sites excluding steroid dienone is 1. The lowest BCUT2D eigenvalue weighted by atomic mass is 10.0. The smallest absolute Gasteiger partial charge is 0.338 e. The van der Waals surface area contributed by atoms with Crippen LogP contribution in [0.4, 0.5) is 0 Å². The first-order valence-electron chi connectivity index (χ1n) is 13.1. The van der Waals surface area contributed by atoms with Crippen LogP contribution in [0.3, 0.4) is 0 Å². The largest absolute Gasteiger partial charge is 0.494 e. The summed E-state index contributed by atoms with van der Waals surface area (Å²) in [5.74, 6) is 0.198. The van der Waals surface area contributed by atoms with Crippen molar-refractivity contribution in [2.24, 2.45) is 4.99 Å². The van der Waals surface area contributed by atoms with Gasteiger partial charge in [-0.3, -0.25) is 9.36 Å². The first kappa shape index (κ1) is 27.6. The van der Waals surface area contributed by atoms with Gasteiger partial charge >= 0.3 is 5.97 Å². The Labute approximate surface area is 240 Å². The maximum absolute atomic E-state index is 13.9. The molecule has 4 aromatic rings. The first-order valence-corrected chi connectivity index (χ1v) is 14.8. The maximum atomic E-state index is 13.9. The highest BCUT2D eigenvalue weighted by molar-refractivity contribution is 7.10. The minimum absolute atomic E-state index is 0.181. The molecule has 3 aromatic heterocycles. The van der Waals surface area contributed by atoms with Crippen molar-refractivity contribution in [3.8, 4) is 5.69 Å². The summed E-state index contributed by atoms with van der Waals surface area (Å²) in [5.41, 5.74) is 5.74. The van der Waals surface area contributed by atoms with E-state index in [1.54, 1.807) is 18.4 Å². The number of esters is 1. The zero-order chi connectivity index (χ0) is 28.6. The van der Waals surface area contributed by atoms with E-state index < -0.39 is 12.0 Å². The number of fused-ring (bicyclic) bond motifs is 1. The van der Waals surface area contributed by atoms with Crippen molar-refractivity contribution in [3.05, 3.63) is 113 Å². The van der Waals surface area contributed by atoms with Crippen molar-refractivity contribution in [2.45, 2.75) is 40.7 Å². The Kier molecular flexibility index (Phi) is 7.78. The molecule has 1 aliphatic heterocycles. The molecule has 0 spiro atoms. The molecule has 1 aromatic carbocycles. The topological polar surface area (TPSA) is 74.8 Å². The van der Waals surface area contributed by atoms with E-state index in [4.69, 9.17) is 9.47 Å². The number of thiophene rings is 1. The van der Waals surface area contributed by atoms with E-state index in [0.29, 0.717) is 33.0 Å². The predicted molar refractivity (Wildman–Crippen MR) is 161 cm³/mol. The first-order chi connectivity index (χ1) is 19.2. The summed E-state index contributed by atoms with van der Waals surface area (Å²) < 4.78 is 15.2. The highest BCUT2D eigenvalue weighted by Gasteiger charge is 2.33. The molecular weight excluding hydrogens is 542 g/mol. The van der Waals surface area contributed by atoms with E-state index in [1.807, 2.05) is 68.6 Å². The molecule has 0 bridgehead atoms. The highest BCUT2D eigenvalue weighted by Crippen LogP contribution is 2.33. The number of nitrogens with zero attached hydrogens (tertiary/aromatic N) is 3. The van der Waals surface area contributed by atoms with Crippen molar-refractivity contribution >= 4 is 40.5 Å². The quantitative estimate of drug-likeness (QED) is 0.213. The fourth-order valence-electron chi connectivity index (χ4n) is 5.03. The molecule has 5 rings (SSSR count). The number of carbonyl (C=O) groups is 1. The number of carbonyl (C=O) groups excluding carboxylic acids is 1. The Morgan fingerprint density at radius 1 is 1.10 bits per heavy atom. The highest BCUT2D eigenvalue weighted by atomic mass is 32.1. The van der Waals surface area contributed by atoms with Gasteiger partial charge in [-0.1, -0.05) is 24.0 Å². The molecule has 0 radical (unpaired) electrons. The Morgan fingerprint density at radius 3 is 2.48 bits per heavy atom. The molecule has 1 unspecified atom stereocenters. The Morgan fingerprint density at radius 2 is 1.82 bits per heavy atom. The monoisotopic (exact) mass is 573 g/mol. The maximum Gasteiger partial charge on any atom is 0.338 e. The number of thiazole rings is 1. The second-order valence-electron chi connectivity index (χ2n) is 9.38. The Bertz CT molecular complexity index is 1800. The standard InChI is InChI=1S/C31H31N3O4S2/c1-7-37-21(6)22-11-13-24(14-12-22)33-18(3)16-23(20(33)5)17-26-29(35)34-28(25-10-9-15-39-25)27(30(36)38-8-2)19(4)32-31(34)40-26/h9-17,28H,6-8H2,1-5H3/b26-17+. The molecule has 206 valence electrons. The van der Waals surface area contributed by atoms with Gasteiger partial charge in [0, 0.05) is 27.5 Å². The lowest BCUT2D eigenvalue weighted by Crippen LogP contribution is -2.39. The number of aromatic nitrogens is 2. The predicted octanol–water partition coefficient (Wildman–Crippen LogP) is 5.27. The minimum atomic E-state index is -0.574. The molecular formula is C31H31N3O4S2. The van der Waals surface area contributed by atoms with Gasteiger partial charge in [0.25, 0.3) is 5.56 Å². The molecule has 1 atom stereocenters. The van der Waals surface area contributed by atoms with E-state index in [9.17, 15) is 9.59 Å². The lowest BCUT2D eigenvalue weighted by Gasteiger charge is -2.23. The summed E-state index contributed by atoms with van der Waals surface area (Å²) in [6, 6.07) is 13.4. The minimum Gasteiger partial charge on any atom is -0.494 e. The van der Waals surface area contributed by atoms with Crippen LogP contribution in [0.2, 0.25) is 0 Å². The van der Waals surface area contributed by atoms with E-state index in [1.165, 1.54) is 22.7 Å². The van der Waals surface area contributed by atoms with Gasteiger partial charge in [-0.05, 0) is 88.0 Å². The fourth-order valence-corrected chi connectivity index (χ4v) is 6.89. The van der Waals surface area contributed by atoms with E-state index in [2.05, 4.69) is 22.2 Å². The molecule has 0 fully saturated rings. The van der Waals surface area contributed by atoms with E-state index in [0.717, 1.165) is 33.1 Å². The Balaban J connectivity index is 1.59. The van der Waals surface area contributed by atoms with Crippen LogP contribution in [0.1, 0.15) is 54.2 Å². The van der Waals surface area contributed by atoms with Crippen molar-refractivity contribution in [1.29, 1.82) is 0 Å². The summed E-state index contributed by atoms with van der Waals surface area (Å²) in [6.45, 7) is 14.4. The summed E-state index contributed by atoms with van der Waals surface area (Å²) in [6.07, 6.45) is 1.92. The molecule has 1 aliphatic rings. The molecule has 0 saturated carbocycles. The number of rotatable bonds is 8. The van der Waals surface area contributed by atoms with Crippen molar-refractivity contribution < 1.29 is 14.3 Å². The van der Waals surface area contributed by atoms with Gasteiger partial charge in [0.15, 0.2) is 4.80 Å². The second kappa shape index (κ2) is 11.3. The second-order valence-corrected chi connectivity index (χ2v) is 11.4. The number of aryl methyl sites for hydroxylation is 1. The van der Waals surface area contributed by atoms with Gasteiger partial charge in [-0.2, -0.15) is 0 Å². The van der Waals surface area contributed by atoms with Crippen molar-refractivity contribution in [2.75, 3.05) is 13.2 Å². The SMILES string of the molecule is C=C(OCC)c1ccc(-n2c(C)cc(/C=c3/sc4n(c3=O)C(c3cccs3)C(C(=O)OCC)=C(C)N=4)c2C)cc1. The average molecular weight is 574 g/mol. The zero-order valence-corrected chi connectivity index (χ0v) is 24.8. The van der Waals surface area contributed by atoms with Crippen molar-refractivity contribution in [3.63, 3.8) is 0 Å². The molecule has 9 heteroatoms. The third-order valence-electron chi connectivity index (χ3n) is 6.85. The third kappa shape index (κ3) is 4.91. The molecule has 0 saturated heterocycles. The van der Waals surface area contributed by atoms with Crippen LogP contribution in [-0.2, 0) is 14.3 Å².